The van der Waals surface area contributed by atoms with Crippen molar-refractivity contribution in [2.24, 2.45) is 0 Å². The van der Waals surface area contributed by atoms with Gasteiger partial charge in [-0.25, -0.2) is 4.98 Å². The summed E-state index contributed by atoms with van der Waals surface area (Å²) in [6.45, 7) is 3.66. The number of thiazole rings is 1. The summed E-state index contributed by atoms with van der Waals surface area (Å²) in [5.74, 6) is 0. The molecule has 1 aliphatic heterocycles. The van der Waals surface area contributed by atoms with Gasteiger partial charge in [-0.15, -0.1) is 0 Å². The van der Waals surface area contributed by atoms with E-state index in [1.54, 1.807) is 6.20 Å². The van der Waals surface area contributed by atoms with Crippen molar-refractivity contribution < 1.29 is 4.79 Å². The number of nitrogens with zero attached hydrogens (tertiary/aromatic N) is 3. The summed E-state index contributed by atoms with van der Waals surface area (Å²) in [5, 5.41) is 1.69. The Kier molecular flexibility index (Phi) is 3.89. The zero-order chi connectivity index (χ0) is 13.9. The number of anilines is 2. The van der Waals surface area contributed by atoms with Gasteiger partial charge in [0.15, 0.2) is 11.4 Å². The van der Waals surface area contributed by atoms with E-state index in [1.807, 2.05) is 18.2 Å². The van der Waals surface area contributed by atoms with Crippen LogP contribution in [0.3, 0.4) is 0 Å². The molecular formula is C14H14ClN3OS. The average Bonchev–Trinajstić information content (AvgIpc) is 2.96. The highest BCUT2D eigenvalue weighted by atomic mass is 35.5. The molecule has 0 bridgehead atoms. The second kappa shape index (κ2) is 5.81. The molecule has 1 fully saturated rings. The van der Waals surface area contributed by atoms with Gasteiger partial charge in [-0.3, -0.25) is 4.79 Å². The number of hydrogen-bond donors (Lipinski definition) is 0. The molecule has 2 heterocycles. The van der Waals surface area contributed by atoms with Crippen molar-refractivity contribution in [3.63, 3.8) is 0 Å². The van der Waals surface area contributed by atoms with Crippen LogP contribution in [0.15, 0.2) is 30.5 Å². The molecule has 4 nitrogen and oxygen atoms in total. The maximum Gasteiger partial charge on any atom is 0.186 e. The predicted molar refractivity (Wildman–Crippen MR) is 83.4 cm³/mol. The van der Waals surface area contributed by atoms with Crippen LogP contribution in [0.2, 0.25) is 5.02 Å². The van der Waals surface area contributed by atoms with Crippen molar-refractivity contribution in [2.75, 3.05) is 36.0 Å². The van der Waals surface area contributed by atoms with E-state index in [2.05, 4.69) is 20.9 Å². The number of carbonyl (C=O) groups is 1. The Hall–Kier alpha value is -1.59. The Balaban J connectivity index is 1.66. The van der Waals surface area contributed by atoms with Gasteiger partial charge in [-0.2, -0.15) is 0 Å². The molecule has 0 aliphatic carbocycles. The number of piperazine rings is 1. The minimum atomic E-state index is 0.678. The Morgan fingerprint density at radius 1 is 1.20 bits per heavy atom. The van der Waals surface area contributed by atoms with Gasteiger partial charge < -0.3 is 9.80 Å². The number of aldehydes is 1. The van der Waals surface area contributed by atoms with Gasteiger partial charge in [0.2, 0.25) is 0 Å². The first-order chi connectivity index (χ1) is 9.76. The van der Waals surface area contributed by atoms with Crippen LogP contribution in [-0.4, -0.2) is 37.4 Å². The van der Waals surface area contributed by atoms with E-state index >= 15 is 0 Å². The van der Waals surface area contributed by atoms with Crippen molar-refractivity contribution in [3.8, 4) is 0 Å². The van der Waals surface area contributed by atoms with Crippen LogP contribution in [-0.2, 0) is 0 Å². The Bertz CT molecular complexity index is 608. The molecule has 104 valence electrons. The number of aromatic nitrogens is 1. The highest BCUT2D eigenvalue weighted by Crippen LogP contribution is 2.25. The summed E-state index contributed by atoms with van der Waals surface area (Å²) < 4.78 is 0. The first-order valence-electron chi connectivity index (χ1n) is 6.43. The summed E-state index contributed by atoms with van der Waals surface area (Å²) in [6.07, 6.45) is 2.49. The fourth-order valence-electron chi connectivity index (χ4n) is 2.31. The molecule has 1 aromatic carbocycles. The molecule has 1 aliphatic rings. The predicted octanol–water partition coefficient (Wildman–Crippen LogP) is 2.94. The van der Waals surface area contributed by atoms with E-state index in [-0.39, 0.29) is 0 Å². The Labute approximate surface area is 126 Å². The summed E-state index contributed by atoms with van der Waals surface area (Å²) in [5.41, 5.74) is 1.16. The normalized spacial score (nSPS) is 15.4. The molecule has 0 atom stereocenters. The van der Waals surface area contributed by atoms with Crippen LogP contribution >= 0.6 is 22.9 Å². The van der Waals surface area contributed by atoms with Gasteiger partial charge in [0.05, 0.1) is 11.1 Å². The Morgan fingerprint density at radius 3 is 2.60 bits per heavy atom. The fourth-order valence-corrected chi connectivity index (χ4v) is 3.27. The standard InChI is InChI=1S/C14H14ClN3OS/c15-11-2-1-3-12(8-11)17-4-6-18(7-5-17)14-16-9-13(10-19)20-14/h1-3,8-10H,4-7H2. The average molecular weight is 308 g/mol. The molecule has 0 unspecified atom stereocenters. The third kappa shape index (κ3) is 2.78. The summed E-state index contributed by atoms with van der Waals surface area (Å²) in [4.78, 5) is 20.2. The maximum absolute atomic E-state index is 10.7. The van der Waals surface area contributed by atoms with E-state index in [0.29, 0.717) is 4.88 Å². The lowest BCUT2D eigenvalue weighted by Crippen LogP contribution is -2.46. The van der Waals surface area contributed by atoms with Crippen LogP contribution in [0.5, 0.6) is 0 Å². The van der Waals surface area contributed by atoms with Crippen molar-refractivity contribution in [3.05, 3.63) is 40.4 Å². The fraction of sp³-hybridized carbons (Fsp3) is 0.286. The quantitative estimate of drug-likeness (QED) is 0.817. The lowest BCUT2D eigenvalue weighted by Gasteiger charge is -2.36. The number of carbonyl (C=O) groups excluding carboxylic acids is 1. The molecule has 0 amide bonds. The smallest absolute Gasteiger partial charge is 0.186 e. The van der Waals surface area contributed by atoms with E-state index in [1.165, 1.54) is 11.3 Å². The molecule has 3 rings (SSSR count). The number of hydrogen-bond acceptors (Lipinski definition) is 5. The van der Waals surface area contributed by atoms with E-state index in [9.17, 15) is 4.79 Å². The van der Waals surface area contributed by atoms with Crippen LogP contribution in [0, 0.1) is 0 Å². The molecule has 1 aromatic heterocycles. The van der Waals surface area contributed by atoms with Crippen molar-refractivity contribution in [1.82, 2.24) is 4.98 Å². The number of rotatable bonds is 3. The third-order valence-corrected chi connectivity index (χ3v) is 4.57. The third-order valence-electron chi connectivity index (χ3n) is 3.35. The molecule has 1 saturated heterocycles. The van der Waals surface area contributed by atoms with Gasteiger partial charge in [0, 0.05) is 36.9 Å². The molecule has 20 heavy (non-hydrogen) atoms. The van der Waals surface area contributed by atoms with Crippen molar-refractivity contribution in [1.29, 1.82) is 0 Å². The molecule has 0 radical (unpaired) electrons. The maximum atomic E-state index is 10.7. The summed E-state index contributed by atoms with van der Waals surface area (Å²) in [6, 6.07) is 7.93. The van der Waals surface area contributed by atoms with Gasteiger partial charge in [0.1, 0.15) is 0 Å². The topological polar surface area (TPSA) is 36.4 Å². The minimum absolute atomic E-state index is 0.678. The van der Waals surface area contributed by atoms with Gasteiger partial charge >= 0.3 is 0 Å². The summed E-state index contributed by atoms with van der Waals surface area (Å²) >= 11 is 7.47. The van der Waals surface area contributed by atoms with Gasteiger partial charge in [-0.1, -0.05) is 29.0 Å². The number of benzene rings is 1. The second-order valence-corrected chi connectivity index (χ2v) is 6.09. The first kappa shape index (κ1) is 13.4. The largest absolute Gasteiger partial charge is 0.368 e. The van der Waals surface area contributed by atoms with E-state index in [0.717, 1.165) is 48.3 Å². The van der Waals surface area contributed by atoms with Crippen LogP contribution in [0.25, 0.3) is 0 Å². The first-order valence-corrected chi connectivity index (χ1v) is 7.62. The lowest BCUT2D eigenvalue weighted by atomic mass is 10.2. The second-order valence-electron chi connectivity index (χ2n) is 4.62. The molecule has 6 heteroatoms. The van der Waals surface area contributed by atoms with E-state index < -0.39 is 0 Å². The van der Waals surface area contributed by atoms with Crippen molar-refractivity contribution >= 4 is 40.0 Å². The molecule has 2 aromatic rings. The van der Waals surface area contributed by atoms with Gasteiger partial charge in [-0.05, 0) is 18.2 Å². The highest BCUT2D eigenvalue weighted by Gasteiger charge is 2.19. The zero-order valence-electron chi connectivity index (χ0n) is 10.8. The molecule has 0 saturated carbocycles. The van der Waals surface area contributed by atoms with Gasteiger partial charge in [0.25, 0.3) is 0 Å². The highest BCUT2D eigenvalue weighted by molar-refractivity contribution is 7.17. The summed E-state index contributed by atoms with van der Waals surface area (Å²) in [7, 11) is 0. The van der Waals surface area contributed by atoms with Crippen molar-refractivity contribution in [2.45, 2.75) is 0 Å². The monoisotopic (exact) mass is 307 g/mol. The van der Waals surface area contributed by atoms with E-state index in [4.69, 9.17) is 11.6 Å². The minimum Gasteiger partial charge on any atom is -0.368 e. The Morgan fingerprint density at radius 2 is 1.95 bits per heavy atom. The zero-order valence-corrected chi connectivity index (χ0v) is 12.4. The van der Waals surface area contributed by atoms with Crippen LogP contribution in [0.4, 0.5) is 10.8 Å². The lowest BCUT2D eigenvalue weighted by molar-refractivity contribution is 0.112. The molecule has 0 N–H and O–H groups in total. The molecular weight excluding hydrogens is 294 g/mol. The van der Waals surface area contributed by atoms with Crippen LogP contribution < -0.4 is 9.80 Å². The molecule has 0 spiro atoms. The number of halogens is 1. The SMILES string of the molecule is O=Cc1cnc(N2CCN(c3cccc(Cl)c3)CC2)s1. The van der Waals surface area contributed by atoms with Crippen LogP contribution in [0.1, 0.15) is 9.67 Å².